The molecule has 4 heterocycles. The van der Waals surface area contributed by atoms with Crippen LogP contribution in [-0.4, -0.2) is 29.5 Å². The molecule has 2 aromatic rings. The highest BCUT2D eigenvalue weighted by Gasteiger charge is 2.28. The minimum absolute atomic E-state index is 0.0669. The number of fused-ring (bicyclic) bond motifs is 3. The van der Waals surface area contributed by atoms with Gasteiger partial charge >= 0.3 is 0 Å². The summed E-state index contributed by atoms with van der Waals surface area (Å²) in [6.07, 6.45) is 4.09. The molecule has 9 heteroatoms. The van der Waals surface area contributed by atoms with Crippen LogP contribution in [0.4, 0.5) is 0 Å². The highest BCUT2D eigenvalue weighted by Crippen LogP contribution is 2.37. The molecular weight excluding hydrogens is 424 g/mol. The molecule has 0 unspecified atom stereocenters. The van der Waals surface area contributed by atoms with Crippen LogP contribution in [0.3, 0.4) is 0 Å². The van der Waals surface area contributed by atoms with E-state index in [9.17, 15) is 4.79 Å². The van der Waals surface area contributed by atoms with Crippen LogP contribution < -0.4 is 5.56 Å². The lowest BCUT2D eigenvalue weighted by Gasteiger charge is -2.18. The SMILES string of the molecule is CC(C)c1noc([C@H](C)Sc2nc3nn(-c4ccccc4)c(=O)c-3c3n2CCCCC3)n1. The maximum absolute atomic E-state index is 13.3. The van der Waals surface area contributed by atoms with Crippen molar-refractivity contribution in [3.05, 3.63) is 58.1 Å². The molecule has 3 aliphatic rings. The predicted molar refractivity (Wildman–Crippen MR) is 122 cm³/mol. The van der Waals surface area contributed by atoms with Gasteiger partial charge in [0.1, 0.15) is 5.56 Å². The minimum Gasteiger partial charge on any atom is -0.338 e. The van der Waals surface area contributed by atoms with E-state index in [1.54, 1.807) is 11.8 Å². The normalized spacial score (nSPS) is 15.1. The van der Waals surface area contributed by atoms with Gasteiger partial charge < -0.3 is 9.09 Å². The van der Waals surface area contributed by atoms with Crippen LogP contribution in [0, 0.1) is 0 Å². The number of rotatable bonds is 5. The highest BCUT2D eigenvalue weighted by molar-refractivity contribution is 7.99. The first-order chi connectivity index (χ1) is 15.5. The van der Waals surface area contributed by atoms with E-state index in [2.05, 4.69) is 19.8 Å². The predicted octanol–water partition coefficient (Wildman–Crippen LogP) is 4.62. The lowest BCUT2D eigenvalue weighted by Crippen LogP contribution is -2.19. The summed E-state index contributed by atoms with van der Waals surface area (Å²) in [7, 11) is 0. The summed E-state index contributed by atoms with van der Waals surface area (Å²) >= 11 is 1.58. The Morgan fingerprint density at radius 1 is 1.06 bits per heavy atom. The largest absolute Gasteiger partial charge is 0.338 e. The lowest BCUT2D eigenvalue weighted by molar-refractivity contribution is 0.372. The van der Waals surface area contributed by atoms with E-state index >= 15 is 0 Å². The van der Waals surface area contributed by atoms with E-state index in [1.807, 2.05) is 51.1 Å². The number of aromatic nitrogens is 6. The molecule has 0 N–H and O–H groups in total. The summed E-state index contributed by atoms with van der Waals surface area (Å²) in [6, 6.07) is 9.51. The van der Waals surface area contributed by atoms with Gasteiger partial charge in [0.2, 0.25) is 5.89 Å². The molecule has 1 atom stereocenters. The van der Waals surface area contributed by atoms with Crippen molar-refractivity contribution in [1.82, 2.24) is 29.5 Å². The zero-order chi connectivity index (χ0) is 22.2. The Morgan fingerprint density at radius 2 is 1.88 bits per heavy atom. The molecule has 32 heavy (non-hydrogen) atoms. The monoisotopic (exact) mass is 450 g/mol. The van der Waals surface area contributed by atoms with Gasteiger partial charge in [0, 0.05) is 18.2 Å². The molecule has 0 amide bonds. The summed E-state index contributed by atoms with van der Waals surface area (Å²) < 4.78 is 9.18. The van der Waals surface area contributed by atoms with Crippen LogP contribution in [0.25, 0.3) is 17.1 Å². The third kappa shape index (κ3) is 3.74. The number of thioether (sulfide) groups is 1. The summed E-state index contributed by atoms with van der Waals surface area (Å²) in [5.74, 6) is 2.00. The van der Waals surface area contributed by atoms with Crippen molar-refractivity contribution in [1.29, 1.82) is 0 Å². The Hall–Kier alpha value is -2.94. The Balaban J connectivity index is 1.60. The number of nitrogens with zero attached hydrogens (tertiary/aromatic N) is 6. The van der Waals surface area contributed by atoms with Gasteiger partial charge in [-0.15, -0.1) is 5.10 Å². The molecule has 1 aromatic heterocycles. The van der Waals surface area contributed by atoms with Crippen LogP contribution in [-0.2, 0) is 13.0 Å². The van der Waals surface area contributed by atoms with Crippen LogP contribution in [0.5, 0.6) is 0 Å². The summed E-state index contributed by atoms with van der Waals surface area (Å²) in [4.78, 5) is 22.7. The molecule has 1 aromatic carbocycles. The van der Waals surface area contributed by atoms with Crippen molar-refractivity contribution >= 4 is 11.8 Å². The summed E-state index contributed by atoms with van der Waals surface area (Å²) in [5.41, 5.74) is 2.31. The van der Waals surface area contributed by atoms with Gasteiger partial charge in [-0.05, 0) is 38.3 Å². The fourth-order valence-corrected chi connectivity index (χ4v) is 5.02. The Labute approximate surface area is 190 Å². The third-order valence-corrected chi connectivity index (χ3v) is 6.85. The number of hydrogen-bond acceptors (Lipinski definition) is 7. The van der Waals surface area contributed by atoms with E-state index in [0.717, 1.165) is 48.8 Å². The molecule has 0 aliphatic carbocycles. The maximum atomic E-state index is 13.3. The molecule has 5 rings (SSSR count). The third-order valence-electron chi connectivity index (χ3n) is 5.77. The van der Waals surface area contributed by atoms with Gasteiger partial charge in [-0.2, -0.15) is 9.67 Å². The van der Waals surface area contributed by atoms with E-state index in [-0.39, 0.29) is 16.7 Å². The van der Waals surface area contributed by atoms with E-state index in [1.165, 1.54) is 4.68 Å². The van der Waals surface area contributed by atoms with E-state index in [4.69, 9.17) is 9.51 Å². The number of benzene rings is 1. The zero-order valence-corrected chi connectivity index (χ0v) is 19.3. The molecule has 166 valence electrons. The summed E-state index contributed by atoms with van der Waals surface area (Å²) in [6.45, 7) is 6.96. The number of hydrogen-bond donors (Lipinski definition) is 0. The molecule has 0 saturated carbocycles. The van der Waals surface area contributed by atoms with Gasteiger partial charge in [0.05, 0.1) is 10.9 Å². The average molecular weight is 451 g/mol. The van der Waals surface area contributed by atoms with Crippen molar-refractivity contribution in [3.8, 4) is 17.1 Å². The molecular formula is C23H26N6O2S. The van der Waals surface area contributed by atoms with Gasteiger partial charge in [-0.25, -0.2) is 4.98 Å². The fraction of sp³-hybridized carbons (Fsp3) is 0.435. The first kappa shape index (κ1) is 20.9. The highest BCUT2D eigenvalue weighted by atomic mass is 32.2. The topological polar surface area (TPSA) is 91.6 Å². The first-order valence-corrected chi connectivity index (χ1v) is 12.0. The second-order valence-corrected chi connectivity index (χ2v) is 9.77. The van der Waals surface area contributed by atoms with E-state index < -0.39 is 0 Å². The van der Waals surface area contributed by atoms with E-state index in [0.29, 0.717) is 23.1 Å². The lowest BCUT2D eigenvalue weighted by atomic mass is 10.1. The van der Waals surface area contributed by atoms with Gasteiger partial charge in [-0.3, -0.25) is 4.79 Å². The van der Waals surface area contributed by atoms with Crippen molar-refractivity contribution in [2.45, 2.75) is 69.3 Å². The quantitative estimate of drug-likeness (QED) is 0.324. The molecule has 3 aliphatic heterocycles. The van der Waals surface area contributed by atoms with Crippen LogP contribution >= 0.6 is 11.8 Å². The molecule has 8 nitrogen and oxygen atoms in total. The second kappa shape index (κ2) is 8.54. The van der Waals surface area contributed by atoms with Crippen LogP contribution in [0.2, 0.25) is 0 Å². The average Bonchev–Trinajstić information content (AvgIpc) is 3.33. The zero-order valence-electron chi connectivity index (χ0n) is 18.5. The smallest absolute Gasteiger partial charge is 0.284 e. The van der Waals surface area contributed by atoms with Gasteiger partial charge in [-0.1, -0.05) is 55.4 Å². The number of para-hydroxylation sites is 1. The van der Waals surface area contributed by atoms with Crippen molar-refractivity contribution < 1.29 is 4.52 Å². The standard InChI is InChI=1S/C23H26N6O2S/c1-14(2)19-24-21(31-27-19)15(3)32-23-25-20-18(17-12-8-5-9-13-28(17)23)22(30)29(26-20)16-10-6-4-7-11-16/h4,6-7,10-11,14-15H,5,8-9,12-13H2,1-3H3/t15-/m0/s1. The second-order valence-electron chi connectivity index (χ2n) is 8.46. The van der Waals surface area contributed by atoms with Crippen molar-refractivity contribution in [2.24, 2.45) is 0 Å². The van der Waals surface area contributed by atoms with Crippen molar-refractivity contribution in [3.63, 3.8) is 0 Å². The molecule has 0 radical (unpaired) electrons. The van der Waals surface area contributed by atoms with Crippen molar-refractivity contribution in [2.75, 3.05) is 0 Å². The Bertz CT molecular complexity index is 1260. The maximum Gasteiger partial charge on any atom is 0.284 e. The van der Waals surface area contributed by atoms with Crippen LogP contribution in [0.1, 0.15) is 68.6 Å². The van der Waals surface area contributed by atoms with Gasteiger partial charge in [0.15, 0.2) is 16.8 Å². The molecule has 0 spiro atoms. The molecule has 0 fully saturated rings. The van der Waals surface area contributed by atoms with Gasteiger partial charge in [0.25, 0.3) is 5.56 Å². The molecule has 0 saturated heterocycles. The molecule has 0 bridgehead atoms. The fourth-order valence-electron chi connectivity index (χ4n) is 4.04. The summed E-state index contributed by atoms with van der Waals surface area (Å²) in [5, 5.41) is 9.47. The van der Waals surface area contributed by atoms with Crippen LogP contribution in [0.15, 0.2) is 44.8 Å². The minimum atomic E-state index is -0.104. The Kier molecular flexibility index (Phi) is 5.58. The first-order valence-electron chi connectivity index (χ1n) is 11.1. The Morgan fingerprint density at radius 3 is 2.62 bits per heavy atom.